The van der Waals surface area contributed by atoms with E-state index in [1.165, 1.54) is 17.5 Å². The topological polar surface area (TPSA) is 80.3 Å². The van der Waals surface area contributed by atoms with E-state index in [4.69, 9.17) is 0 Å². The molecule has 0 unspecified atom stereocenters. The Morgan fingerprint density at radius 2 is 1.74 bits per heavy atom. The minimum atomic E-state index is -3.02. The number of amides is 2. The minimum Gasteiger partial charge on any atom is -0.433 e. The maximum atomic E-state index is 12.4. The number of nitrogens with one attached hydrogen (secondary N) is 2. The van der Waals surface area contributed by atoms with Crippen molar-refractivity contribution in [1.29, 1.82) is 0 Å². The summed E-state index contributed by atoms with van der Waals surface area (Å²) in [4.78, 5) is 28.5. The zero-order valence-electron chi connectivity index (χ0n) is 13.7. The smallest absolute Gasteiger partial charge is 0.387 e. The van der Waals surface area contributed by atoms with Gasteiger partial charge in [-0.1, -0.05) is 6.07 Å². The summed E-state index contributed by atoms with van der Waals surface area (Å²) in [5.41, 5.74) is 1.25. The third-order valence-corrected chi connectivity index (χ3v) is 4.27. The highest BCUT2D eigenvalue weighted by Gasteiger charge is 2.18. The number of carbonyl (C=O) groups is 2. The van der Waals surface area contributed by atoms with E-state index in [1.807, 2.05) is 0 Å². The zero-order valence-corrected chi connectivity index (χ0v) is 14.5. The summed E-state index contributed by atoms with van der Waals surface area (Å²) in [6.07, 6.45) is 3.10. The number of hydrogen-bond donors (Lipinski definition) is 2. The Balaban J connectivity index is 1.71. The molecule has 0 aliphatic carbocycles. The molecule has 1 aromatic carbocycles. The van der Waals surface area contributed by atoms with Crippen LogP contribution in [0.2, 0.25) is 0 Å². The van der Waals surface area contributed by atoms with Gasteiger partial charge in [-0.2, -0.15) is 8.78 Å². The number of aromatic nitrogens is 1. The second-order valence-corrected chi connectivity index (χ2v) is 6.13. The molecule has 2 aromatic heterocycles. The van der Waals surface area contributed by atoms with E-state index in [0.29, 0.717) is 16.9 Å². The van der Waals surface area contributed by atoms with E-state index < -0.39 is 12.5 Å². The van der Waals surface area contributed by atoms with Crippen LogP contribution in [0.3, 0.4) is 0 Å². The van der Waals surface area contributed by atoms with Gasteiger partial charge in [0, 0.05) is 29.3 Å². The van der Waals surface area contributed by atoms with Gasteiger partial charge in [0.2, 0.25) is 0 Å². The fraction of sp³-hybridized carbons (Fsp3) is 0.0556. The third-order valence-electron chi connectivity index (χ3n) is 3.37. The van der Waals surface area contributed by atoms with Gasteiger partial charge in [0.1, 0.15) is 10.6 Å². The Labute approximate surface area is 156 Å². The number of carbonyl (C=O) groups excluding carboxylic acids is 2. The maximum absolute atomic E-state index is 12.4. The van der Waals surface area contributed by atoms with Gasteiger partial charge in [-0.3, -0.25) is 14.6 Å². The van der Waals surface area contributed by atoms with Crippen LogP contribution in [-0.4, -0.2) is 23.4 Å². The lowest BCUT2D eigenvalue weighted by molar-refractivity contribution is -0.0498. The number of hydrogen-bond acceptors (Lipinski definition) is 5. The Morgan fingerprint density at radius 1 is 1.00 bits per heavy atom. The lowest BCUT2D eigenvalue weighted by Gasteiger charge is -2.09. The van der Waals surface area contributed by atoms with E-state index in [2.05, 4.69) is 20.4 Å². The highest BCUT2D eigenvalue weighted by molar-refractivity contribution is 7.12. The molecule has 0 bridgehead atoms. The second kappa shape index (κ2) is 8.37. The molecule has 0 spiro atoms. The molecule has 0 saturated heterocycles. The molecule has 0 aliphatic rings. The normalized spacial score (nSPS) is 10.5. The van der Waals surface area contributed by atoms with Gasteiger partial charge in [-0.05, 0) is 41.8 Å². The summed E-state index contributed by atoms with van der Waals surface area (Å²) in [6, 6.07) is 10.8. The van der Waals surface area contributed by atoms with Crippen molar-refractivity contribution in [2.24, 2.45) is 0 Å². The molecular weight excluding hydrogens is 376 g/mol. The first-order chi connectivity index (χ1) is 13.0. The molecule has 138 valence electrons. The van der Waals surface area contributed by atoms with Crippen molar-refractivity contribution >= 4 is 34.5 Å². The Kier molecular flexibility index (Phi) is 5.72. The molecule has 3 aromatic rings. The van der Waals surface area contributed by atoms with Crippen molar-refractivity contribution in [3.8, 4) is 5.75 Å². The summed E-state index contributed by atoms with van der Waals surface area (Å²) in [7, 11) is 0. The highest BCUT2D eigenvalue weighted by atomic mass is 32.1. The first-order valence-corrected chi connectivity index (χ1v) is 8.56. The van der Waals surface area contributed by atoms with Crippen LogP contribution in [-0.2, 0) is 0 Å². The van der Waals surface area contributed by atoms with Gasteiger partial charge >= 0.3 is 6.61 Å². The lowest BCUT2D eigenvalue weighted by atomic mass is 10.2. The van der Waals surface area contributed by atoms with Gasteiger partial charge in [0.15, 0.2) is 0 Å². The van der Waals surface area contributed by atoms with E-state index in [9.17, 15) is 18.4 Å². The van der Waals surface area contributed by atoms with Crippen molar-refractivity contribution in [3.05, 3.63) is 70.7 Å². The predicted octanol–water partition coefficient (Wildman–Crippen LogP) is 4.25. The zero-order chi connectivity index (χ0) is 19.2. The molecule has 0 atom stereocenters. The van der Waals surface area contributed by atoms with Gasteiger partial charge in [0.05, 0.1) is 0 Å². The maximum Gasteiger partial charge on any atom is 0.387 e. The molecule has 0 fully saturated rings. The second-order valence-electron chi connectivity index (χ2n) is 5.22. The van der Waals surface area contributed by atoms with Crippen molar-refractivity contribution in [1.82, 2.24) is 4.98 Å². The first-order valence-electron chi connectivity index (χ1n) is 7.68. The van der Waals surface area contributed by atoms with Crippen LogP contribution in [0.4, 0.5) is 20.2 Å². The van der Waals surface area contributed by atoms with Crippen LogP contribution in [0.1, 0.15) is 20.0 Å². The molecule has 0 aliphatic heterocycles. The largest absolute Gasteiger partial charge is 0.433 e. The fourth-order valence-electron chi connectivity index (χ4n) is 2.22. The van der Waals surface area contributed by atoms with Crippen LogP contribution in [0.15, 0.2) is 60.2 Å². The average Bonchev–Trinajstić information content (AvgIpc) is 3.10. The number of nitrogens with zero attached hydrogens (tertiary/aromatic N) is 1. The third kappa shape index (κ3) is 4.85. The fourth-order valence-corrected chi connectivity index (χ4v) is 2.93. The monoisotopic (exact) mass is 389 g/mol. The van der Waals surface area contributed by atoms with Gasteiger partial charge < -0.3 is 15.4 Å². The molecule has 2 heterocycles. The molecule has 0 radical (unpaired) electrons. The number of ether oxygens (including phenoxy) is 1. The van der Waals surface area contributed by atoms with E-state index in [1.54, 1.807) is 42.7 Å². The van der Waals surface area contributed by atoms with Gasteiger partial charge in [-0.15, -0.1) is 11.3 Å². The number of halogens is 2. The van der Waals surface area contributed by atoms with Gasteiger partial charge in [-0.25, -0.2) is 0 Å². The Bertz CT molecular complexity index is 948. The molecule has 0 saturated carbocycles. The van der Waals surface area contributed by atoms with Gasteiger partial charge in [0.25, 0.3) is 11.8 Å². The number of pyridine rings is 1. The van der Waals surface area contributed by atoms with Crippen molar-refractivity contribution in [3.63, 3.8) is 0 Å². The van der Waals surface area contributed by atoms with Crippen LogP contribution < -0.4 is 15.4 Å². The molecule has 3 rings (SSSR count). The van der Waals surface area contributed by atoms with E-state index >= 15 is 0 Å². The average molecular weight is 389 g/mol. The molecule has 27 heavy (non-hydrogen) atoms. The van der Waals surface area contributed by atoms with E-state index in [-0.39, 0.29) is 16.5 Å². The Hall–Kier alpha value is -3.33. The number of benzene rings is 1. The summed E-state index contributed by atoms with van der Waals surface area (Å²) in [6.45, 7) is -3.02. The molecule has 6 nitrogen and oxygen atoms in total. The quantitative estimate of drug-likeness (QED) is 0.661. The Morgan fingerprint density at radius 3 is 2.48 bits per heavy atom. The summed E-state index contributed by atoms with van der Waals surface area (Å²) < 4.78 is 29.1. The van der Waals surface area contributed by atoms with Crippen LogP contribution >= 0.6 is 11.3 Å². The lowest BCUT2D eigenvalue weighted by Crippen LogP contribution is -2.15. The van der Waals surface area contributed by atoms with E-state index in [0.717, 1.165) is 11.3 Å². The minimum absolute atomic E-state index is 0.0157. The number of alkyl halides is 2. The van der Waals surface area contributed by atoms with Crippen LogP contribution in [0, 0.1) is 0 Å². The summed E-state index contributed by atoms with van der Waals surface area (Å²) >= 11 is 0.976. The molecule has 9 heteroatoms. The van der Waals surface area contributed by atoms with Crippen molar-refractivity contribution in [2.75, 3.05) is 10.6 Å². The number of thiophene rings is 1. The molecule has 2 amide bonds. The van der Waals surface area contributed by atoms with Crippen LogP contribution in [0.25, 0.3) is 0 Å². The number of anilines is 2. The van der Waals surface area contributed by atoms with Crippen molar-refractivity contribution in [2.45, 2.75) is 6.61 Å². The SMILES string of the molecule is O=C(Nc1ccncc1)c1cccc(NC(=O)c2sccc2OC(F)F)c1. The molecule has 2 N–H and O–H groups in total. The number of rotatable bonds is 6. The van der Waals surface area contributed by atoms with Crippen molar-refractivity contribution < 1.29 is 23.1 Å². The molecular formula is C18H13F2N3O3S. The first kappa shape index (κ1) is 18.5. The standard InChI is InChI=1S/C18H13F2N3O3S/c19-18(20)26-14-6-9-27-15(14)17(25)23-13-3-1-2-11(10-13)16(24)22-12-4-7-21-8-5-12/h1-10,18H,(H,23,25)(H,21,22,24). The van der Waals surface area contributed by atoms with Crippen LogP contribution in [0.5, 0.6) is 5.75 Å². The summed E-state index contributed by atoms with van der Waals surface area (Å²) in [5, 5.41) is 6.76. The predicted molar refractivity (Wildman–Crippen MR) is 97.5 cm³/mol. The summed E-state index contributed by atoms with van der Waals surface area (Å²) in [5.74, 6) is -1.17. The highest BCUT2D eigenvalue weighted by Crippen LogP contribution is 2.27.